The molecular weight excluding hydrogens is 323 g/mol. The molecule has 2 heterocycles. The zero-order valence-electron chi connectivity index (χ0n) is 13.7. The standard InChI is InChI=1S/C18H19FN4O2/c19-14-8-4-3-7-13(14)10-23-17(24)15-16(21-11-20-15)22(18(23)25)9-12-5-1-2-6-12/h3-4,7-8,11-12H,1-2,5-6,9-10H2,(H,20,21). The van der Waals surface area contributed by atoms with Crippen LogP contribution in [0.15, 0.2) is 40.2 Å². The van der Waals surface area contributed by atoms with Gasteiger partial charge in [-0.2, -0.15) is 0 Å². The molecule has 0 spiro atoms. The van der Waals surface area contributed by atoms with E-state index >= 15 is 0 Å². The largest absolute Gasteiger partial charge is 0.339 e. The van der Waals surface area contributed by atoms with E-state index in [1.54, 1.807) is 22.8 Å². The summed E-state index contributed by atoms with van der Waals surface area (Å²) in [7, 11) is 0. The fourth-order valence-electron chi connectivity index (χ4n) is 3.66. The van der Waals surface area contributed by atoms with E-state index in [4.69, 9.17) is 0 Å². The Morgan fingerprint density at radius 2 is 1.92 bits per heavy atom. The highest BCUT2D eigenvalue weighted by Gasteiger charge is 2.21. The minimum atomic E-state index is -0.469. The van der Waals surface area contributed by atoms with Gasteiger partial charge in [0.2, 0.25) is 0 Å². The van der Waals surface area contributed by atoms with E-state index in [1.807, 2.05) is 0 Å². The average Bonchev–Trinajstić information content (AvgIpc) is 3.28. The lowest BCUT2D eigenvalue weighted by Gasteiger charge is -2.15. The van der Waals surface area contributed by atoms with Crippen molar-refractivity contribution in [3.8, 4) is 0 Å². The molecule has 3 aromatic rings. The zero-order chi connectivity index (χ0) is 17.4. The maximum absolute atomic E-state index is 14.0. The average molecular weight is 342 g/mol. The van der Waals surface area contributed by atoms with Crippen molar-refractivity contribution >= 4 is 11.2 Å². The van der Waals surface area contributed by atoms with Crippen molar-refractivity contribution < 1.29 is 4.39 Å². The van der Waals surface area contributed by atoms with E-state index in [9.17, 15) is 14.0 Å². The molecule has 25 heavy (non-hydrogen) atoms. The molecule has 4 rings (SSSR count). The number of benzene rings is 1. The second kappa shape index (κ2) is 6.31. The molecule has 0 amide bonds. The van der Waals surface area contributed by atoms with Gasteiger partial charge in [-0.05, 0) is 24.8 Å². The molecule has 6 nitrogen and oxygen atoms in total. The van der Waals surface area contributed by atoms with Gasteiger partial charge in [-0.1, -0.05) is 31.0 Å². The zero-order valence-corrected chi connectivity index (χ0v) is 13.7. The van der Waals surface area contributed by atoms with Crippen LogP contribution in [0, 0.1) is 11.7 Å². The Bertz CT molecular complexity index is 1030. The molecule has 0 atom stereocenters. The first kappa shape index (κ1) is 15.8. The first-order chi connectivity index (χ1) is 12.1. The molecule has 0 radical (unpaired) electrons. The van der Waals surface area contributed by atoms with Crippen LogP contribution in [0.25, 0.3) is 11.2 Å². The van der Waals surface area contributed by atoms with Gasteiger partial charge in [-0.15, -0.1) is 0 Å². The SMILES string of the molecule is O=c1c2[nH]cnc2n(CC2CCCC2)c(=O)n1Cc1ccccc1F. The Balaban J connectivity index is 1.85. The van der Waals surface area contributed by atoms with E-state index in [1.165, 1.54) is 12.4 Å². The number of aromatic nitrogens is 4. The summed E-state index contributed by atoms with van der Waals surface area (Å²) < 4.78 is 16.6. The van der Waals surface area contributed by atoms with Crippen molar-refractivity contribution in [2.75, 3.05) is 0 Å². The molecule has 1 aliphatic carbocycles. The monoisotopic (exact) mass is 342 g/mol. The van der Waals surface area contributed by atoms with Crippen molar-refractivity contribution in [1.29, 1.82) is 0 Å². The van der Waals surface area contributed by atoms with Crippen LogP contribution < -0.4 is 11.2 Å². The number of nitrogens with zero attached hydrogens (tertiary/aromatic N) is 3. The van der Waals surface area contributed by atoms with Crippen LogP contribution in [0.2, 0.25) is 0 Å². The van der Waals surface area contributed by atoms with Gasteiger partial charge in [-0.25, -0.2) is 14.2 Å². The van der Waals surface area contributed by atoms with Crippen molar-refractivity contribution in [3.63, 3.8) is 0 Å². The van der Waals surface area contributed by atoms with Crippen LogP contribution in [0.5, 0.6) is 0 Å². The topological polar surface area (TPSA) is 72.7 Å². The van der Waals surface area contributed by atoms with Gasteiger partial charge in [0.15, 0.2) is 5.65 Å². The number of aromatic amines is 1. The molecule has 0 saturated heterocycles. The fourth-order valence-corrected chi connectivity index (χ4v) is 3.66. The molecule has 1 aliphatic rings. The van der Waals surface area contributed by atoms with Crippen LogP contribution in [-0.2, 0) is 13.1 Å². The number of imidazole rings is 1. The van der Waals surface area contributed by atoms with Gasteiger partial charge in [0.25, 0.3) is 5.56 Å². The Morgan fingerprint density at radius 3 is 2.68 bits per heavy atom. The summed E-state index contributed by atoms with van der Waals surface area (Å²) >= 11 is 0. The third kappa shape index (κ3) is 2.79. The summed E-state index contributed by atoms with van der Waals surface area (Å²) in [4.78, 5) is 32.6. The lowest BCUT2D eigenvalue weighted by Crippen LogP contribution is -2.41. The normalized spacial score (nSPS) is 15.2. The smallest absolute Gasteiger partial charge is 0.333 e. The van der Waals surface area contributed by atoms with E-state index in [0.717, 1.165) is 30.3 Å². The predicted molar refractivity (Wildman–Crippen MR) is 92.1 cm³/mol. The van der Waals surface area contributed by atoms with Crippen molar-refractivity contribution in [3.05, 3.63) is 62.8 Å². The molecule has 0 unspecified atom stereocenters. The molecule has 2 aromatic heterocycles. The molecule has 1 N–H and O–H groups in total. The lowest BCUT2D eigenvalue weighted by molar-refractivity contribution is 0.440. The molecule has 0 aliphatic heterocycles. The van der Waals surface area contributed by atoms with Crippen molar-refractivity contribution in [2.45, 2.75) is 38.8 Å². The van der Waals surface area contributed by atoms with Gasteiger partial charge < -0.3 is 4.98 Å². The van der Waals surface area contributed by atoms with Gasteiger partial charge in [-0.3, -0.25) is 13.9 Å². The first-order valence-corrected chi connectivity index (χ1v) is 8.55. The highest BCUT2D eigenvalue weighted by Crippen LogP contribution is 2.26. The molecule has 7 heteroatoms. The van der Waals surface area contributed by atoms with Crippen LogP contribution in [0.3, 0.4) is 0 Å². The van der Waals surface area contributed by atoms with Crippen LogP contribution in [0.4, 0.5) is 4.39 Å². The lowest BCUT2D eigenvalue weighted by atomic mass is 10.1. The van der Waals surface area contributed by atoms with Crippen LogP contribution in [0.1, 0.15) is 31.2 Å². The number of halogens is 1. The second-order valence-corrected chi connectivity index (χ2v) is 6.63. The number of nitrogens with one attached hydrogen (secondary N) is 1. The van der Waals surface area contributed by atoms with E-state index < -0.39 is 17.1 Å². The van der Waals surface area contributed by atoms with Gasteiger partial charge in [0.1, 0.15) is 11.3 Å². The Morgan fingerprint density at radius 1 is 1.16 bits per heavy atom. The highest BCUT2D eigenvalue weighted by atomic mass is 19.1. The van der Waals surface area contributed by atoms with Crippen LogP contribution >= 0.6 is 0 Å². The first-order valence-electron chi connectivity index (χ1n) is 8.55. The Kier molecular flexibility index (Phi) is 3.99. The molecule has 1 saturated carbocycles. The third-order valence-electron chi connectivity index (χ3n) is 5.00. The summed E-state index contributed by atoms with van der Waals surface area (Å²) in [5.41, 5.74) is 0.0804. The summed E-state index contributed by atoms with van der Waals surface area (Å²) in [6.07, 6.45) is 5.90. The quantitative estimate of drug-likeness (QED) is 0.790. The van der Waals surface area contributed by atoms with Gasteiger partial charge >= 0.3 is 5.69 Å². The maximum Gasteiger partial charge on any atom is 0.333 e. The maximum atomic E-state index is 14.0. The van der Waals surface area contributed by atoms with Crippen molar-refractivity contribution in [2.24, 2.45) is 5.92 Å². The number of fused-ring (bicyclic) bond motifs is 1. The number of H-pyrrole nitrogens is 1. The second-order valence-electron chi connectivity index (χ2n) is 6.63. The molecule has 1 aromatic carbocycles. The number of hydrogen-bond acceptors (Lipinski definition) is 3. The summed E-state index contributed by atoms with van der Waals surface area (Å²) in [6.45, 7) is 0.446. The molecule has 130 valence electrons. The molecular formula is C18H19FN4O2. The van der Waals surface area contributed by atoms with E-state index in [0.29, 0.717) is 23.7 Å². The van der Waals surface area contributed by atoms with Gasteiger partial charge in [0, 0.05) is 12.1 Å². The minimum Gasteiger partial charge on any atom is -0.339 e. The minimum absolute atomic E-state index is 0.0933. The van der Waals surface area contributed by atoms with E-state index in [-0.39, 0.29) is 12.1 Å². The Hall–Kier alpha value is -2.70. The summed E-state index contributed by atoms with van der Waals surface area (Å²) in [6, 6.07) is 6.18. The summed E-state index contributed by atoms with van der Waals surface area (Å²) in [5.74, 6) is -0.0159. The molecule has 0 bridgehead atoms. The van der Waals surface area contributed by atoms with Gasteiger partial charge in [0.05, 0.1) is 12.9 Å². The van der Waals surface area contributed by atoms with Crippen LogP contribution in [-0.4, -0.2) is 19.1 Å². The van der Waals surface area contributed by atoms with Crippen molar-refractivity contribution in [1.82, 2.24) is 19.1 Å². The summed E-state index contributed by atoms with van der Waals surface area (Å²) in [5, 5.41) is 0. The fraction of sp³-hybridized carbons (Fsp3) is 0.389. The number of hydrogen-bond donors (Lipinski definition) is 1. The van der Waals surface area contributed by atoms with E-state index in [2.05, 4.69) is 9.97 Å². The molecule has 1 fully saturated rings. The third-order valence-corrected chi connectivity index (χ3v) is 5.00. The predicted octanol–water partition coefficient (Wildman–Crippen LogP) is 2.26. The number of rotatable bonds is 4. The Labute approximate surface area is 142 Å². The highest BCUT2D eigenvalue weighted by molar-refractivity contribution is 5.68.